The van der Waals surface area contributed by atoms with E-state index in [2.05, 4.69) is 5.32 Å². The first-order valence-electron chi connectivity index (χ1n) is 6.26. The van der Waals surface area contributed by atoms with E-state index in [0.717, 1.165) is 6.26 Å². The van der Waals surface area contributed by atoms with Crippen molar-refractivity contribution in [3.63, 3.8) is 0 Å². The molecular formula is C12H22N2O4S. The molecule has 1 aliphatic rings. The standard InChI is InChI=1S/C12H22N2O4S/c1-12(2,3)10-11(16)14(8-9(15)13-10)6-5-7-19(4,17)18/h10H,5-8H2,1-4H3,(H,13,15). The Morgan fingerprint density at radius 2 is 1.89 bits per heavy atom. The van der Waals surface area contributed by atoms with Crippen molar-refractivity contribution < 1.29 is 18.0 Å². The molecule has 1 rings (SSSR count). The van der Waals surface area contributed by atoms with Crippen LogP contribution in [0.2, 0.25) is 0 Å². The van der Waals surface area contributed by atoms with Crippen LogP contribution in [0.25, 0.3) is 0 Å². The van der Waals surface area contributed by atoms with E-state index < -0.39 is 15.9 Å². The first-order valence-corrected chi connectivity index (χ1v) is 8.32. The van der Waals surface area contributed by atoms with E-state index in [1.165, 1.54) is 4.90 Å². The van der Waals surface area contributed by atoms with Crippen LogP contribution in [0.1, 0.15) is 27.2 Å². The SMILES string of the molecule is CC(C)(C)C1NC(=O)CN(CCCS(C)(=O)=O)C1=O. The topological polar surface area (TPSA) is 83.6 Å². The van der Waals surface area contributed by atoms with E-state index in [4.69, 9.17) is 0 Å². The summed E-state index contributed by atoms with van der Waals surface area (Å²) >= 11 is 0. The van der Waals surface area contributed by atoms with Gasteiger partial charge in [0.2, 0.25) is 11.8 Å². The van der Waals surface area contributed by atoms with Gasteiger partial charge in [-0.25, -0.2) is 8.42 Å². The van der Waals surface area contributed by atoms with Crippen molar-refractivity contribution in [3.8, 4) is 0 Å². The fraction of sp³-hybridized carbons (Fsp3) is 0.833. The Kier molecular flexibility index (Phi) is 4.60. The molecule has 110 valence electrons. The van der Waals surface area contributed by atoms with Crippen molar-refractivity contribution in [2.45, 2.75) is 33.2 Å². The molecule has 0 bridgehead atoms. The molecule has 7 heteroatoms. The Balaban J connectivity index is 2.68. The molecule has 2 amide bonds. The molecule has 1 atom stereocenters. The summed E-state index contributed by atoms with van der Waals surface area (Å²) in [7, 11) is -3.04. The highest BCUT2D eigenvalue weighted by Gasteiger charge is 2.39. The van der Waals surface area contributed by atoms with Gasteiger partial charge in [0.25, 0.3) is 0 Å². The van der Waals surface area contributed by atoms with Crippen LogP contribution in [0.15, 0.2) is 0 Å². The van der Waals surface area contributed by atoms with Gasteiger partial charge in [-0.05, 0) is 11.8 Å². The molecule has 1 unspecified atom stereocenters. The number of hydrogen-bond donors (Lipinski definition) is 1. The minimum Gasteiger partial charge on any atom is -0.342 e. The third kappa shape index (κ3) is 4.81. The lowest BCUT2D eigenvalue weighted by Crippen LogP contribution is -2.62. The fourth-order valence-electron chi connectivity index (χ4n) is 2.00. The summed E-state index contributed by atoms with van der Waals surface area (Å²) in [6.07, 6.45) is 1.52. The lowest BCUT2D eigenvalue weighted by molar-refractivity contribution is -0.147. The molecule has 6 nitrogen and oxygen atoms in total. The molecule has 0 saturated carbocycles. The third-order valence-corrected chi connectivity index (χ3v) is 4.04. The maximum atomic E-state index is 12.2. The zero-order valence-corrected chi connectivity index (χ0v) is 12.7. The average Bonchev–Trinajstić information content (AvgIpc) is 2.19. The van der Waals surface area contributed by atoms with Crippen LogP contribution in [0.3, 0.4) is 0 Å². The Morgan fingerprint density at radius 3 is 2.37 bits per heavy atom. The van der Waals surface area contributed by atoms with Crippen molar-refractivity contribution in [1.82, 2.24) is 10.2 Å². The van der Waals surface area contributed by atoms with E-state index in [1.54, 1.807) is 0 Å². The summed E-state index contributed by atoms with van der Waals surface area (Å²) in [4.78, 5) is 25.3. The van der Waals surface area contributed by atoms with Crippen molar-refractivity contribution in [1.29, 1.82) is 0 Å². The molecule has 0 aromatic heterocycles. The van der Waals surface area contributed by atoms with Gasteiger partial charge in [0.1, 0.15) is 15.9 Å². The van der Waals surface area contributed by atoms with Gasteiger partial charge in [-0.15, -0.1) is 0 Å². The Labute approximate surface area is 114 Å². The van der Waals surface area contributed by atoms with Crippen LogP contribution >= 0.6 is 0 Å². The van der Waals surface area contributed by atoms with Crippen LogP contribution < -0.4 is 5.32 Å². The molecule has 0 aromatic carbocycles. The van der Waals surface area contributed by atoms with Crippen molar-refractivity contribution >= 4 is 21.7 Å². The number of rotatable bonds is 4. The van der Waals surface area contributed by atoms with Crippen molar-refractivity contribution in [2.75, 3.05) is 25.1 Å². The third-order valence-electron chi connectivity index (χ3n) is 3.01. The van der Waals surface area contributed by atoms with Gasteiger partial charge in [-0.3, -0.25) is 9.59 Å². The summed E-state index contributed by atoms with van der Waals surface area (Å²) in [5, 5.41) is 2.69. The second-order valence-electron chi connectivity index (χ2n) is 6.11. The van der Waals surface area contributed by atoms with Crippen molar-refractivity contribution in [2.24, 2.45) is 5.41 Å². The van der Waals surface area contributed by atoms with E-state index in [1.807, 2.05) is 20.8 Å². The maximum absolute atomic E-state index is 12.2. The largest absolute Gasteiger partial charge is 0.342 e. The van der Waals surface area contributed by atoms with Crippen LogP contribution in [0.4, 0.5) is 0 Å². The maximum Gasteiger partial charge on any atom is 0.246 e. The summed E-state index contributed by atoms with van der Waals surface area (Å²) in [5.41, 5.74) is -0.359. The minimum atomic E-state index is -3.04. The van der Waals surface area contributed by atoms with Crippen LogP contribution in [-0.4, -0.2) is 56.3 Å². The van der Waals surface area contributed by atoms with Gasteiger partial charge in [-0.1, -0.05) is 20.8 Å². The number of hydrogen-bond acceptors (Lipinski definition) is 4. The molecule has 1 aliphatic heterocycles. The molecular weight excluding hydrogens is 268 g/mol. The molecule has 0 radical (unpaired) electrons. The van der Waals surface area contributed by atoms with Gasteiger partial charge in [0.15, 0.2) is 0 Å². The van der Waals surface area contributed by atoms with E-state index >= 15 is 0 Å². The average molecular weight is 290 g/mol. The molecule has 1 N–H and O–H groups in total. The van der Waals surface area contributed by atoms with Gasteiger partial charge < -0.3 is 10.2 Å². The summed E-state index contributed by atoms with van der Waals surface area (Å²) in [6, 6.07) is -0.549. The normalized spacial score (nSPS) is 21.5. The zero-order chi connectivity index (χ0) is 14.8. The Morgan fingerprint density at radius 1 is 1.32 bits per heavy atom. The molecule has 0 spiro atoms. The van der Waals surface area contributed by atoms with Gasteiger partial charge in [-0.2, -0.15) is 0 Å². The quantitative estimate of drug-likeness (QED) is 0.777. The predicted octanol–water partition coefficient (Wildman–Crippen LogP) is -0.206. The molecule has 0 aliphatic carbocycles. The second kappa shape index (κ2) is 5.48. The number of nitrogens with zero attached hydrogens (tertiary/aromatic N) is 1. The van der Waals surface area contributed by atoms with E-state index in [0.29, 0.717) is 13.0 Å². The first-order chi connectivity index (χ1) is 8.50. The van der Waals surface area contributed by atoms with Gasteiger partial charge >= 0.3 is 0 Å². The van der Waals surface area contributed by atoms with Crippen LogP contribution in [0.5, 0.6) is 0 Å². The Hall–Kier alpha value is -1.11. The Bertz CT molecular complexity index is 465. The lowest BCUT2D eigenvalue weighted by atomic mass is 9.85. The van der Waals surface area contributed by atoms with E-state index in [9.17, 15) is 18.0 Å². The second-order valence-corrected chi connectivity index (χ2v) is 8.37. The first kappa shape index (κ1) is 15.9. The molecule has 0 aromatic rings. The monoisotopic (exact) mass is 290 g/mol. The lowest BCUT2D eigenvalue weighted by Gasteiger charge is -2.38. The highest BCUT2D eigenvalue weighted by Crippen LogP contribution is 2.23. The van der Waals surface area contributed by atoms with Gasteiger partial charge in [0.05, 0.1) is 12.3 Å². The number of sulfone groups is 1. The summed E-state index contributed by atoms with van der Waals surface area (Å²) in [5.74, 6) is -0.307. The number of piperazine rings is 1. The number of amides is 2. The zero-order valence-electron chi connectivity index (χ0n) is 11.9. The van der Waals surface area contributed by atoms with Crippen LogP contribution in [-0.2, 0) is 19.4 Å². The summed E-state index contributed by atoms with van der Waals surface area (Å²) in [6.45, 7) is 5.96. The molecule has 1 fully saturated rings. The van der Waals surface area contributed by atoms with Gasteiger partial charge in [0, 0.05) is 12.8 Å². The molecule has 1 heterocycles. The fourth-order valence-corrected chi connectivity index (χ4v) is 2.65. The minimum absolute atomic E-state index is 0.00910. The molecule has 19 heavy (non-hydrogen) atoms. The smallest absolute Gasteiger partial charge is 0.246 e. The predicted molar refractivity (Wildman–Crippen MR) is 72.3 cm³/mol. The summed E-state index contributed by atoms with van der Waals surface area (Å²) < 4.78 is 22.1. The van der Waals surface area contributed by atoms with E-state index in [-0.39, 0.29) is 29.5 Å². The number of nitrogens with one attached hydrogen (secondary N) is 1. The highest BCUT2D eigenvalue weighted by molar-refractivity contribution is 7.90. The van der Waals surface area contributed by atoms with Crippen molar-refractivity contribution in [3.05, 3.63) is 0 Å². The number of carbonyl (C=O) groups is 2. The van der Waals surface area contributed by atoms with Crippen LogP contribution in [0, 0.1) is 5.41 Å². The molecule has 1 saturated heterocycles. The highest BCUT2D eigenvalue weighted by atomic mass is 32.2. The number of carbonyl (C=O) groups excluding carboxylic acids is 2.